The Morgan fingerprint density at radius 3 is 2.33 bits per heavy atom. The van der Waals surface area contributed by atoms with Crippen LogP contribution in [0.25, 0.3) is 0 Å². The van der Waals surface area contributed by atoms with Gasteiger partial charge in [-0.15, -0.1) is 0 Å². The molecule has 0 spiro atoms. The van der Waals surface area contributed by atoms with Crippen LogP contribution in [0.15, 0.2) is 24.3 Å². The number of hydrogen-bond acceptors (Lipinski definition) is 4. The molecule has 1 saturated heterocycles. The molecule has 3 amide bonds. The van der Waals surface area contributed by atoms with Gasteiger partial charge >= 0.3 is 0 Å². The highest BCUT2D eigenvalue weighted by Crippen LogP contribution is 2.39. The third-order valence-electron chi connectivity index (χ3n) is 5.01. The number of amides is 3. The van der Waals surface area contributed by atoms with Crippen LogP contribution in [0.1, 0.15) is 32.6 Å². The fourth-order valence-electron chi connectivity index (χ4n) is 3.67. The van der Waals surface area contributed by atoms with Crippen molar-refractivity contribution in [2.45, 2.75) is 38.6 Å². The number of hydrogen-bond donors (Lipinski definition) is 1. The van der Waals surface area contributed by atoms with Crippen LogP contribution in [-0.4, -0.2) is 35.8 Å². The number of likely N-dealkylation sites (tertiary alicyclic amines) is 1. The van der Waals surface area contributed by atoms with Gasteiger partial charge in [0, 0.05) is 0 Å². The molecule has 1 N–H and O–H groups in total. The van der Waals surface area contributed by atoms with Crippen molar-refractivity contribution in [3.63, 3.8) is 0 Å². The van der Waals surface area contributed by atoms with Crippen molar-refractivity contribution in [2.24, 2.45) is 11.8 Å². The first kappa shape index (κ1) is 16.5. The second-order valence-corrected chi connectivity index (χ2v) is 6.41. The number of nitrogens with zero attached hydrogens (tertiary/aromatic N) is 1. The average molecular weight is 330 g/mol. The van der Waals surface area contributed by atoms with Crippen LogP contribution in [0.2, 0.25) is 0 Å². The minimum atomic E-state index is -0.833. The standard InChI is InChI=1S/C18H22N2O4/c1-11(16(21)19-14-9-5-6-10-15(14)24-2)20-17(22)12-7-3-4-8-13(12)18(20)23/h5-6,9-13H,3-4,7-8H2,1-2H3,(H,19,21)/t11-,12+,13+/m1/s1. The van der Waals surface area contributed by atoms with E-state index in [-0.39, 0.29) is 29.6 Å². The predicted octanol–water partition coefficient (Wildman–Crippen LogP) is 2.20. The normalized spacial score (nSPS) is 24.5. The number of carbonyl (C=O) groups excluding carboxylic acids is 3. The Bertz CT molecular complexity index is 649. The number of imide groups is 1. The molecule has 1 aromatic carbocycles. The van der Waals surface area contributed by atoms with Gasteiger partial charge in [0.05, 0.1) is 24.6 Å². The zero-order valence-electron chi connectivity index (χ0n) is 14.0. The van der Waals surface area contributed by atoms with Crippen molar-refractivity contribution in [3.05, 3.63) is 24.3 Å². The zero-order valence-corrected chi connectivity index (χ0v) is 14.0. The molecule has 128 valence electrons. The van der Waals surface area contributed by atoms with Gasteiger partial charge in [0.15, 0.2) is 0 Å². The average Bonchev–Trinajstić information content (AvgIpc) is 2.86. The summed E-state index contributed by atoms with van der Waals surface area (Å²) in [5.41, 5.74) is 0.522. The van der Waals surface area contributed by atoms with E-state index in [1.807, 2.05) is 0 Å². The summed E-state index contributed by atoms with van der Waals surface area (Å²) in [6.45, 7) is 1.60. The van der Waals surface area contributed by atoms with Crippen LogP contribution in [0.4, 0.5) is 5.69 Å². The quantitative estimate of drug-likeness (QED) is 0.859. The Morgan fingerprint density at radius 1 is 1.17 bits per heavy atom. The minimum absolute atomic E-state index is 0.202. The highest BCUT2D eigenvalue weighted by Gasteiger charge is 2.50. The molecule has 6 nitrogen and oxygen atoms in total. The Morgan fingerprint density at radius 2 is 1.75 bits per heavy atom. The maximum absolute atomic E-state index is 12.6. The highest BCUT2D eigenvalue weighted by molar-refractivity contribution is 6.10. The Balaban J connectivity index is 1.76. The molecular formula is C18H22N2O4. The molecule has 1 aromatic rings. The summed E-state index contributed by atoms with van der Waals surface area (Å²) in [7, 11) is 1.52. The lowest BCUT2D eigenvalue weighted by molar-refractivity contribution is -0.146. The van der Waals surface area contributed by atoms with E-state index in [4.69, 9.17) is 4.74 Å². The van der Waals surface area contributed by atoms with E-state index in [1.54, 1.807) is 31.2 Å². The first-order chi connectivity index (χ1) is 11.5. The van der Waals surface area contributed by atoms with Gasteiger partial charge in [0.25, 0.3) is 0 Å². The third kappa shape index (κ3) is 2.77. The first-order valence-electron chi connectivity index (χ1n) is 8.35. The van der Waals surface area contributed by atoms with Crippen molar-refractivity contribution in [3.8, 4) is 5.75 Å². The van der Waals surface area contributed by atoms with Crippen LogP contribution >= 0.6 is 0 Å². The Labute approximate surface area is 141 Å². The number of anilines is 1. The van der Waals surface area contributed by atoms with Gasteiger partial charge in [-0.3, -0.25) is 19.3 Å². The van der Waals surface area contributed by atoms with Crippen molar-refractivity contribution < 1.29 is 19.1 Å². The number of rotatable bonds is 4. The van der Waals surface area contributed by atoms with Gasteiger partial charge in [-0.2, -0.15) is 0 Å². The summed E-state index contributed by atoms with van der Waals surface area (Å²) in [6.07, 6.45) is 3.42. The summed E-state index contributed by atoms with van der Waals surface area (Å²) in [5.74, 6) is -0.745. The second kappa shape index (κ2) is 6.63. The lowest BCUT2D eigenvalue weighted by Crippen LogP contribution is -2.46. The van der Waals surface area contributed by atoms with E-state index < -0.39 is 6.04 Å². The topological polar surface area (TPSA) is 75.7 Å². The molecule has 3 rings (SSSR count). The molecule has 2 aliphatic rings. The molecule has 3 atom stereocenters. The van der Waals surface area contributed by atoms with Crippen LogP contribution < -0.4 is 10.1 Å². The number of ether oxygens (including phenoxy) is 1. The number of carbonyl (C=O) groups is 3. The van der Waals surface area contributed by atoms with E-state index in [2.05, 4.69) is 5.32 Å². The number of fused-ring (bicyclic) bond motifs is 1. The maximum atomic E-state index is 12.6. The lowest BCUT2D eigenvalue weighted by Gasteiger charge is -2.22. The van der Waals surface area contributed by atoms with E-state index in [1.165, 1.54) is 7.11 Å². The molecule has 1 saturated carbocycles. The molecule has 1 aliphatic heterocycles. The summed E-state index contributed by atoms with van der Waals surface area (Å²) in [4.78, 5) is 38.9. The lowest BCUT2D eigenvalue weighted by atomic mass is 9.81. The minimum Gasteiger partial charge on any atom is -0.495 e. The van der Waals surface area contributed by atoms with Crippen molar-refractivity contribution in [2.75, 3.05) is 12.4 Å². The van der Waals surface area contributed by atoms with Crippen LogP contribution in [0.5, 0.6) is 5.75 Å². The number of benzene rings is 1. The zero-order chi connectivity index (χ0) is 17.3. The van der Waals surface area contributed by atoms with Gasteiger partial charge in [0.2, 0.25) is 17.7 Å². The fraction of sp³-hybridized carbons (Fsp3) is 0.500. The Kier molecular flexibility index (Phi) is 4.55. The fourth-order valence-corrected chi connectivity index (χ4v) is 3.67. The molecule has 1 heterocycles. The Hall–Kier alpha value is -2.37. The maximum Gasteiger partial charge on any atom is 0.247 e. The molecule has 0 radical (unpaired) electrons. The molecule has 0 aromatic heterocycles. The van der Waals surface area contributed by atoms with Crippen LogP contribution in [0.3, 0.4) is 0 Å². The summed E-state index contributed by atoms with van der Waals surface area (Å²) in [6, 6.07) is 6.21. The summed E-state index contributed by atoms with van der Waals surface area (Å²) in [5, 5.41) is 2.75. The second-order valence-electron chi connectivity index (χ2n) is 6.41. The smallest absolute Gasteiger partial charge is 0.247 e. The third-order valence-corrected chi connectivity index (χ3v) is 5.01. The summed E-state index contributed by atoms with van der Waals surface area (Å²) >= 11 is 0. The molecule has 2 fully saturated rings. The largest absolute Gasteiger partial charge is 0.495 e. The van der Waals surface area contributed by atoms with Crippen LogP contribution in [0, 0.1) is 11.8 Å². The van der Waals surface area contributed by atoms with Crippen molar-refractivity contribution in [1.82, 2.24) is 4.90 Å². The van der Waals surface area contributed by atoms with Gasteiger partial charge in [-0.05, 0) is 31.9 Å². The first-order valence-corrected chi connectivity index (χ1v) is 8.35. The molecular weight excluding hydrogens is 308 g/mol. The van der Waals surface area contributed by atoms with E-state index in [9.17, 15) is 14.4 Å². The van der Waals surface area contributed by atoms with Gasteiger partial charge in [0.1, 0.15) is 11.8 Å². The molecule has 6 heteroatoms. The molecule has 0 bridgehead atoms. The van der Waals surface area contributed by atoms with E-state index >= 15 is 0 Å². The molecule has 0 unspecified atom stereocenters. The highest BCUT2D eigenvalue weighted by atomic mass is 16.5. The van der Waals surface area contributed by atoms with E-state index in [0.717, 1.165) is 30.6 Å². The van der Waals surface area contributed by atoms with Crippen molar-refractivity contribution in [1.29, 1.82) is 0 Å². The number of methoxy groups -OCH3 is 1. The number of nitrogens with one attached hydrogen (secondary N) is 1. The van der Waals surface area contributed by atoms with Gasteiger partial charge < -0.3 is 10.1 Å². The van der Waals surface area contributed by atoms with E-state index in [0.29, 0.717) is 11.4 Å². The van der Waals surface area contributed by atoms with Crippen molar-refractivity contribution >= 4 is 23.4 Å². The van der Waals surface area contributed by atoms with Gasteiger partial charge in [-0.1, -0.05) is 25.0 Å². The summed E-state index contributed by atoms with van der Waals surface area (Å²) < 4.78 is 5.21. The monoisotopic (exact) mass is 330 g/mol. The molecule has 24 heavy (non-hydrogen) atoms. The molecule has 1 aliphatic carbocycles. The van der Waals surface area contributed by atoms with Crippen LogP contribution in [-0.2, 0) is 14.4 Å². The SMILES string of the molecule is COc1ccccc1NC(=O)[C@@H](C)N1C(=O)[C@H]2CCCC[C@@H]2C1=O. The van der Waals surface area contributed by atoms with Gasteiger partial charge in [-0.25, -0.2) is 0 Å². The predicted molar refractivity (Wildman–Crippen MR) is 88.4 cm³/mol. The number of para-hydroxylation sites is 2.